The van der Waals surface area contributed by atoms with Crippen LogP contribution in [0.15, 0.2) is 24.4 Å². The van der Waals surface area contributed by atoms with Gasteiger partial charge < -0.3 is 29.6 Å². The van der Waals surface area contributed by atoms with Crippen LogP contribution in [0.25, 0.3) is 21.8 Å². The highest BCUT2D eigenvalue weighted by Crippen LogP contribution is 2.38. The number of likely N-dealkylation sites (tertiary alicyclic amines) is 1. The van der Waals surface area contributed by atoms with Crippen molar-refractivity contribution in [3.63, 3.8) is 0 Å². The molecule has 0 amide bonds. The van der Waals surface area contributed by atoms with Crippen LogP contribution >= 0.6 is 0 Å². The smallest absolute Gasteiger partial charge is 0.490 e. The van der Waals surface area contributed by atoms with Crippen molar-refractivity contribution in [2.24, 2.45) is 0 Å². The Morgan fingerprint density at radius 1 is 1.22 bits per heavy atom. The minimum Gasteiger partial charge on any atom is -0.493 e. The van der Waals surface area contributed by atoms with Gasteiger partial charge in [-0.15, -0.1) is 0 Å². The Bertz CT molecular complexity index is 1080. The average molecular weight is 455 g/mol. The van der Waals surface area contributed by atoms with Crippen LogP contribution in [0, 0.1) is 0 Å². The first-order valence-electron chi connectivity index (χ1n) is 10.0. The second-order valence-corrected chi connectivity index (χ2v) is 7.28. The Hall–Kier alpha value is -3.21. The maximum absolute atomic E-state index is 10.6. The largest absolute Gasteiger partial charge is 0.493 e. The molecule has 1 aliphatic rings. The fourth-order valence-corrected chi connectivity index (χ4v) is 3.58. The number of hydrogen-bond donors (Lipinski definition) is 3. The van der Waals surface area contributed by atoms with Crippen molar-refractivity contribution in [3.05, 3.63) is 24.4 Å². The molecular weight excluding hydrogens is 431 g/mol. The molecule has 174 valence electrons. The van der Waals surface area contributed by atoms with Crippen LogP contribution in [0.5, 0.6) is 17.4 Å². The van der Waals surface area contributed by atoms with Crippen LogP contribution in [0.1, 0.15) is 19.3 Å². The van der Waals surface area contributed by atoms with Crippen molar-refractivity contribution in [1.29, 1.82) is 0 Å². The summed E-state index contributed by atoms with van der Waals surface area (Å²) in [6.45, 7) is 4.16. The number of nitrogens with zero attached hydrogens (tertiary/aromatic N) is 2. The molecule has 0 unspecified atom stereocenters. The van der Waals surface area contributed by atoms with Gasteiger partial charge in [-0.1, -0.05) is 0 Å². The van der Waals surface area contributed by atoms with E-state index in [0.29, 0.717) is 17.7 Å². The minimum atomic E-state index is -5.08. The summed E-state index contributed by atoms with van der Waals surface area (Å²) in [4.78, 5) is 18.6. The van der Waals surface area contributed by atoms with Crippen molar-refractivity contribution in [3.8, 4) is 17.4 Å². The number of aromatic hydroxyl groups is 1. The monoisotopic (exact) mass is 455 g/mol. The lowest BCUT2D eigenvalue weighted by atomic mass is 10.1. The summed E-state index contributed by atoms with van der Waals surface area (Å²) < 4.78 is 43.2. The fourth-order valence-electron chi connectivity index (χ4n) is 3.58. The van der Waals surface area contributed by atoms with Gasteiger partial charge >= 0.3 is 12.1 Å². The zero-order valence-electron chi connectivity index (χ0n) is 17.4. The fraction of sp³-hybridized carbons (Fsp3) is 0.429. The number of pyridine rings is 1. The Balaban J connectivity index is 0.000000360. The third-order valence-electron chi connectivity index (χ3n) is 5.09. The van der Waals surface area contributed by atoms with Crippen LogP contribution in [0.2, 0.25) is 0 Å². The van der Waals surface area contributed by atoms with E-state index in [9.17, 15) is 18.3 Å². The molecule has 0 spiro atoms. The van der Waals surface area contributed by atoms with E-state index in [4.69, 9.17) is 19.4 Å². The zero-order valence-corrected chi connectivity index (χ0v) is 17.4. The van der Waals surface area contributed by atoms with Crippen LogP contribution in [-0.4, -0.2) is 70.6 Å². The van der Waals surface area contributed by atoms with E-state index in [1.165, 1.54) is 25.9 Å². The molecule has 1 aliphatic heterocycles. The molecule has 3 aromatic rings. The van der Waals surface area contributed by atoms with Gasteiger partial charge in [0.1, 0.15) is 0 Å². The molecule has 2 aromatic heterocycles. The number of alkyl halides is 3. The van der Waals surface area contributed by atoms with Crippen LogP contribution in [0.3, 0.4) is 0 Å². The number of H-pyrrole nitrogens is 1. The third kappa shape index (κ3) is 5.52. The molecule has 1 saturated heterocycles. The maximum Gasteiger partial charge on any atom is 0.490 e. The van der Waals surface area contributed by atoms with Crippen LogP contribution < -0.4 is 9.47 Å². The van der Waals surface area contributed by atoms with Gasteiger partial charge in [0.05, 0.1) is 30.1 Å². The highest BCUT2D eigenvalue weighted by molar-refractivity contribution is 6.10. The summed E-state index contributed by atoms with van der Waals surface area (Å²) in [5.41, 5.74) is 1.74. The second kappa shape index (κ2) is 9.94. The molecular formula is C21H24F3N3O5. The summed E-state index contributed by atoms with van der Waals surface area (Å²) in [6.07, 6.45) is 0.125. The predicted octanol–water partition coefficient (Wildman–Crippen LogP) is 3.93. The lowest BCUT2D eigenvalue weighted by Crippen LogP contribution is -2.21. The van der Waals surface area contributed by atoms with Crippen molar-refractivity contribution < 1.29 is 37.7 Å². The number of carboxylic acids is 1. The molecule has 0 atom stereocenters. The quantitative estimate of drug-likeness (QED) is 0.484. The van der Waals surface area contributed by atoms with Gasteiger partial charge in [-0.25, -0.2) is 9.78 Å². The van der Waals surface area contributed by atoms with E-state index in [1.54, 1.807) is 13.3 Å². The van der Waals surface area contributed by atoms with Gasteiger partial charge in [0, 0.05) is 24.2 Å². The lowest BCUT2D eigenvalue weighted by Gasteiger charge is -2.15. The zero-order chi connectivity index (χ0) is 23.3. The highest BCUT2D eigenvalue weighted by Gasteiger charge is 2.38. The standard InChI is InChI=1S/C19H23N3O3.C2HF3O2/c1-24-16-11-13-15(21-14-5-6-20-19(23)18(13)14)12-17(16)25-10-4-9-22-7-2-3-8-22;3-2(4,5)1(6)7/h5-6,11-12,21H,2-4,7-10H2,1H3,(H,20,23);(H,6,7). The van der Waals surface area contributed by atoms with E-state index in [1.807, 2.05) is 18.2 Å². The van der Waals surface area contributed by atoms with Crippen molar-refractivity contribution in [2.75, 3.05) is 33.4 Å². The minimum absolute atomic E-state index is 0.0186. The highest BCUT2D eigenvalue weighted by atomic mass is 19.4. The number of ether oxygens (including phenoxy) is 2. The number of benzene rings is 1. The SMILES string of the molecule is COc1cc2c(cc1OCCCN1CCCC1)[nH]c1ccnc(O)c12.O=C(O)C(F)(F)F. The number of aliphatic carboxylic acids is 1. The molecule has 3 N–H and O–H groups in total. The van der Waals surface area contributed by atoms with Crippen LogP contribution in [0.4, 0.5) is 13.2 Å². The number of hydrogen-bond acceptors (Lipinski definition) is 6. The Morgan fingerprint density at radius 3 is 2.53 bits per heavy atom. The van der Waals surface area contributed by atoms with E-state index >= 15 is 0 Å². The Morgan fingerprint density at radius 2 is 1.91 bits per heavy atom. The molecule has 0 aliphatic carbocycles. The molecule has 1 aromatic carbocycles. The molecule has 0 saturated carbocycles. The number of carboxylic acid groups (broad SMARTS) is 1. The molecule has 11 heteroatoms. The molecule has 8 nitrogen and oxygen atoms in total. The van der Waals surface area contributed by atoms with E-state index in [0.717, 1.165) is 35.1 Å². The number of methoxy groups -OCH3 is 1. The summed E-state index contributed by atoms with van der Waals surface area (Å²) >= 11 is 0. The van der Waals surface area contributed by atoms with Gasteiger partial charge in [0.15, 0.2) is 11.5 Å². The molecule has 0 bridgehead atoms. The first kappa shape index (κ1) is 23.5. The van der Waals surface area contributed by atoms with Crippen molar-refractivity contribution >= 4 is 27.8 Å². The summed E-state index contributed by atoms with van der Waals surface area (Å²) in [5, 5.41) is 18.8. The Labute approximate surface area is 181 Å². The van der Waals surface area contributed by atoms with Gasteiger partial charge in [-0.2, -0.15) is 13.2 Å². The van der Waals surface area contributed by atoms with Crippen LogP contribution in [-0.2, 0) is 4.79 Å². The van der Waals surface area contributed by atoms with E-state index < -0.39 is 12.1 Å². The molecule has 32 heavy (non-hydrogen) atoms. The summed E-state index contributed by atoms with van der Waals surface area (Å²) in [6, 6.07) is 5.67. The first-order chi connectivity index (χ1) is 15.2. The van der Waals surface area contributed by atoms with Gasteiger partial charge in [0.2, 0.25) is 5.88 Å². The van der Waals surface area contributed by atoms with Gasteiger partial charge in [-0.3, -0.25) is 0 Å². The Kier molecular flexibility index (Phi) is 7.29. The first-order valence-corrected chi connectivity index (χ1v) is 10.0. The van der Waals surface area contributed by atoms with E-state index in [-0.39, 0.29) is 5.88 Å². The number of halogens is 3. The molecule has 3 heterocycles. The number of nitrogens with one attached hydrogen (secondary N) is 1. The normalized spacial score (nSPS) is 14.4. The number of fused-ring (bicyclic) bond motifs is 3. The van der Waals surface area contributed by atoms with Gasteiger partial charge in [0.25, 0.3) is 0 Å². The van der Waals surface area contributed by atoms with Crippen molar-refractivity contribution in [2.45, 2.75) is 25.4 Å². The average Bonchev–Trinajstić information content (AvgIpc) is 3.38. The molecule has 0 radical (unpaired) electrons. The van der Waals surface area contributed by atoms with Crippen molar-refractivity contribution in [1.82, 2.24) is 14.9 Å². The molecule has 1 fully saturated rings. The lowest BCUT2D eigenvalue weighted by molar-refractivity contribution is -0.192. The topological polar surface area (TPSA) is 108 Å². The number of aromatic amines is 1. The summed E-state index contributed by atoms with van der Waals surface area (Å²) in [5.74, 6) is -1.36. The van der Waals surface area contributed by atoms with Gasteiger partial charge in [-0.05, 0) is 44.5 Å². The second-order valence-electron chi connectivity index (χ2n) is 7.28. The number of rotatable bonds is 6. The number of carbonyl (C=O) groups is 1. The maximum atomic E-state index is 10.6. The predicted molar refractivity (Wildman–Crippen MR) is 111 cm³/mol. The third-order valence-corrected chi connectivity index (χ3v) is 5.09. The van der Waals surface area contributed by atoms with E-state index in [2.05, 4.69) is 14.9 Å². The number of aromatic nitrogens is 2. The summed E-state index contributed by atoms with van der Waals surface area (Å²) in [7, 11) is 1.63. The molecule has 4 rings (SSSR count).